The number of halogens is 1. The van der Waals surface area contributed by atoms with Gasteiger partial charge in [-0.3, -0.25) is 0 Å². The average Bonchev–Trinajstić information content (AvgIpc) is 3.38. The van der Waals surface area contributed by atoms with Crippen LogP contribution in [0.25, 0.3) is 0 Å². The van der Waals surface area contributed by atoms with Crippen molar-refractivity contribution in [3.63, 3.8) is 0 Å². The van der Waals surface area contributed by atoms with Gasteiger partial charge in [-0.15, -0.1) is 0 Å². The maximum absolute atomic E-state index is 13.1. The second-order valence-electron chi connectivity index (χ2n) is 8.26. The van der Waals surface area contributed by atoms with Gasteiger partial charge in [0.25, 0.3) is 0 Å². The first-order chi connectivity index (χ1) is 13.3. The van der Waals surface area contributed by atoms with Crippen molar-refractivity contribution in [1.82, 2.24) is 4.90 Å². The van der Waals surface area contributed by atoms with Crippen molar-refractivity contribution in [2.45, 2.75) is 50.9 Å². The van der Waals surface area contributed by atoms with Crippen molar-refractivity contribution < 1.29 is 14.3 Å². The van der Waals surface area contributed by atoms with E-state index in [1.807, 2.05) is 29.2 Å². The molecule has 4 nitrogen and oxygen atoms in total. The minimum atomic E-state index is -0.630. The highest BCUT2D eigenvalue weighted by Gasteiger charge is 2.52. The van der Waals surface area contributed by atoms with Crippen molar-refractivity contribution in [2.24, 2.45) is 0 Å². The minimum absolute atomic E-state index is 0.0397. The summed E-state index contributed by atoms with van der Waals surface area (Å²) in [7, 11) is 0. The monoisotopic (exact) mass is 443 g/mol. The molecular formula is C23H26BrNO3. The standard InChI is InChI=1S/C23H26BrNO3/c1-16-13-19(24)9-10-20(16)17(2)25-12-11-23(28-21(25)26,14-22(3)15-27-22)18-7-5-4-6-8-18/h4-10,13,17H,11-12,14-15H2,1-3H3/t17-,22?,23?/m0/s1. The molecule has 2 aromatic carbocycles. The molecule has 2 unspecified atom stereocenters. The van der Waals surface area contributed by atoms with E-state index >= 15 is 0 Å². The Morgan fingerprint density at radius 3 is 2.54 bits per heavy atom. The Morgan fingerprint density at radius 1 is 1.21 bits per heavy atom. The van der Waals surface area contributed by atoms with Crippen LogP contribution in [-0.4, -0.2) is 29.7 Å². The molecule has 0 spiro atoms. The number of rotatable bonds is 5. The number of aryl methyl sites for hydroxylation is 1. The Kier molecular flexibility index (Phi) is 5.00. The number of hydrogen-bond donors (Lipinski definition) is 0. The molecule has 4 rings (SSSR count). The van der Waals surface area contributed by atoms with E-state index in [0.717, 1.165) is 34.2 Å². The predicted octanol–water partition coefficient (Wildman–Crippen LogP) is 5.74. The van der Waals surface area contributed by atoms with Gasteiger partial charge < -0.3 is 14.4 Å². The number of carbonyl (C=O) groups is 1. The molecule has 2 aromatic rings. The van der Waals surface area contributed by atoms with Crippen LogP contribution < -0.4 is 0 Å². The van der Waals surface area contributed by atoms with Crippen LogP contribution >= 0.6 is 15.9 Å². The fourth-order valence-electron chi connectivity index (χ4n) is 4.30. The predicted molar refractivity (Wildman–Crippen MR) is 112 cm³/mol. The molecule has 1 amide bonds. The van der Waals surface area contributed by atoms with Crippen LogP contribution in [-0.2, 0) is 15.1 Å². The summed E-state index contributed by atoms with van der Waals surface area (Å²) >= 11 is 3.51. The van der Waals surface area contributed by atoms with Crippen molar-refractivity contribution in [3.8, 4) is 0 Å². The summed E-state index contributed by atoms with van der Waals surface area (Å²) in [5.74, 6) is 0. The van der Waals surface area contributed by atoms with E-state index in [1.165, 1.54) is 0 Å². The molecule has 0 saturated carbocycles. The molecule has 2 aliphatic rings. The summed E-state index contributed by atoms with van der Waals surface area (Å²) in [6.45, 7) is 7.60. The number of ether oxygens (including phenoxy) is 2. The van der Waals surface area contributed by atoms with Crippen molar-refractivity contribution >= 4 is 22.0 Å². The minimum Gasteiger partial charge on any atom is -0.438 e. The smallest absolute Gasteiger partial charge is 0.411 e. The highest BCUT2D eigenvalue weighted by molar-refractivity contribution is 9.10. The highest BCUT2D eigenvalue weighted by Crippen LogP contribution is 2.46. The van der Waals surface area contributed by atoms with Gasteiger partial charge in [-0.05, 0) is 49.6 Å². The Balaban J connectivity index is 1.59. The molecule has 3 atom stereocenters. The van der Waals surface area contributed by atoms with E-state index in [1.54, 1.807) is 0 Å². The van der Waals surface area contributed by atoms with Gasteiger partial charge in [0, 0.05) is 23.9 Å². The first-order valence-corrected chi connectivity index (χ1v) is 10.6. The number of epoxide rings is 1. The first-order valence-electron chi connectivity index (χ1n) is 9.77. The maximum Gasteiger partial charge on any atom is 0.411 e. The molecule has 0 aromatic heterocycles. The molecule has 2 fully saturated rings. The Hall–Kier alpha value is -1.85. The quantitative estimate of drug-likeness (QED) is 0.553. The zero-order chi connectivity index (χ0) is 19.9. The van der Waals surface area contributed by atoms with E-state index in [4.69, 9.17) is 9.47 Å². The molecule has 2 aliphatic heterocycles. The second kappa shape index (κ2) is 7.20. The zero-order valence-electron chi connectivity index (χ0n) is 16.6. The van der Waals surface area contributed by atoms with Gasteiger partial charge in [-0.2, -0.15) is 0 Å². The maximum atomic E-state index is 13.1. The van der Waals surface area contributed by atoms with Gasteiger partial charge in [0.15, 0.2) is 0 Å². The molecule has 0 N–H and O–H groups in total. The lowest BCUT2D eigenvalue weighted by Crippen LogP contribution is -2.50. The van der Waals surface area contributed by atoms with Crippen LogP contribution in [0.5, 0.6) is 0 Å². The van der Waals surface area contributed by atoms with Crippen molar-refractivity contribution in [3.05, 3.63) is 69.7 Å². The van der Waals surface area contributed by atoms with E-state index in [9.17, 15) is 4.79 Å². The Labute approximate surface area is 175 Å². The number of amides is 1. The van der Waals surface area contributed by atoms with Crippen molar-refractivity contribution in [2.75, 3.05) is 13.2 Å². The summed E-state index contributed by atoms with van der Waals surface area (Å²) < 4.78 is 12.9. The summed E-state index contributed by atoms with van der Waals surface area (Å²) in [4.78, 5) is 15.0. The lowest BCUT2D eigenvalue weighted by Gasteiger charge is -2.44. The SMILES string of the molecule is Cc1cc(Br)ccc1[C@H](C)N1CCC(CC2(C)CO2)(c2ccccc2)OC1=O. The zero-order valence-corrected chi connectivity index (χ0v) is 18.2. The number of cyclic esters (lactones) is 1. The fraction of sp³-hybridized carbons (Fsp3) is 0.435. The largest absolute Gasteiger partial charge is 0.438 e. The summed E-state index contributed by atoms with van der Waals surface area (Å²) in [6.07, 6.45) is 1.19. The van der Waals surface area contributed by atoms with Crippen LogP contribution in [0.3, 0.4) is 0 Å². The van der Waals surface area contributed by atoms with Crippen LogP contribution in [0, 0.1) is 6.92 Å². The van der Waals surface area contributed by atoms with Gasteiger partial charge >= 0.3 is 6.09 Å². The van der Waals surface area contributed by atoms with E-state index in [-0.39, 0.29) is 17.7 Å². The van der Waals surface area contributed by atoms with Gasteiger partial charge in [-0.1, -0.05) is 52.3 Å². The van der Waals surface area contributed by atoms with Crippen LogP contribution in [0.4, 0.5) is 4.79 Å². The summed E-state index contributed by atoms with van der Waals surface area (Å²) in [5, 5.41) is 0. The summed E-state index contributed by atoms with van der Waals surface area (Å²) in [6, 6.07) is 16.2. The van der Waals surface area contributed by atoms with Gasteiger partial charge in [0.2, 0.25) is 0 Å². The van der Waals surface area contributed by atoms with Gasteiger partial charge in [0.05, 0.1) is 18.2 Å². The lowest BCUT2D eigenvalue weighted by molar-refractivity contribution is -0.0751. The van der Waals surface area contributed by atoms with Crippen molar-refractivity contribution in [1.29, 1.82) is 0 Å². The molecule has 0 aliphatic carbocycles. The van der Waals surface area contributed by atoms with Gasteiger partial charge in [-0.25, -0.2) is 4.79 Å². The summed E-state index contributed by atoms with van der Waals surface area (Å²) in [5.41, 5.74) is 2.52. The van der Waals surface area contributed by atoms with E-state index in [2.05, 4.69) is 61.0 Å². The third-order valence-electron chi connectivity index (χ3n) is 6.02. The van der Waals surface area contributed by atoms with E-state index in [0.29, 0.717) is 13.0 Å². The van der Waals surface area contributed by atoms with Gasteiger partial charge in [0.1, 0.15) is 5.60 Å². The third-order valence-corrected chi connectivity index (χ3v) is 6.51. The van der Waals surface area contributed by atoms with Crippen LogP contribution in [0.15, 0.2) is 53.0 Å². The lowest BCUT2D eigenvalue weighted by atomic mass is 9.81. The average molecular weight is 444 g/mol. The highest BCUT2D eigenvalue weighted by atomic mass is 79.9. The molecule has 28 heavy (non-hydrogen) atoms. The van der Waals surface area contributed by atoms with Crippen LogP contribution in [0.2, 0.25) is 0 Å². The second-order valence-corrected chi connectivity index (χ2v) is 9.18. The molecule has 5 heteroatoms. The molecule has 148 valence electrons. The number of carbonyl (C=O) groups excluding carboxylic acids is 1. The van der Waals surface area contributed by atoms with E-state index < -0.39 is 5.60 Å². The molecule has 0 bridgehead atoms. The fourth-order valence-corrected chi connectivity index (χ4v) is 4.77. The number of hydrogen-bond acceptors (Lipinski definition) is 3. The topological polar surface area (TPSA) is 42.1 Å². The first kappa shape index (κ1) is 19.5. The number of nitrogens with zero attached hydrogens (tertiary/aromatic N) is 1. The normalized spacial score (nSPS) is 28.0. The molecule has 2 heterocycles. The third kappa shape index (κ3) is 3.70. The molecule has 0 radical (unpaired) electrons. The Morgan fingerprint density at radius 2 is 1.93 bits per heavy atom. The Bertz CT molecular complexity index is 881. The van der Waals surface area contributed by atoms with Crippen LogP contribution in [0.1, 0.15) is 49.4 Å². The number of benzene rings is 2. The molecule has 2 saturated heterocycles. The molecular weight excluding hydrogens is 418 g/mol.